The highest BCUT2D eigenvalue weighted by Gasteiger charge is 2.28. The minimum Gasteiger partial charge on any atom is -0.481 e. The van der Waals surface area contributed by atoms with E-state index in [0.717, 1.165) is 5.56 Å². The summed E-state index contributed by atoms with van der Waals surface area (Å²) >= 11 is 0. The molecule has 3 aromatic carbocycles. The largest absolute Gasteiger partial charge is 0.481 e. The number of aromatic nitrogens is 1. The summed E-state index contributed by atoms with van der Waals surface area (Å²) in [5, 5.41) is 23.1. The number of amides is 2. The second-order valence-corrected chi connectivity index (χ2v) is 11.6. The van der Waals surface area contributed by atoms with E-state index in [1.165, 1.54) is 19.2 Å². The summed E-state index contributed by atoms with van der Waals surface area (Å²) in [6.07, 6.45) is 0. The Bertz CT molecular complexity index is 1730. The number of esters is 1. The van der Waals surface area contributed by atoms with Crippen molar-refractivity contribution in [3.8, 4) is 17.0 Å². The molecule has 1 unspecified atom stereocenters. The van der Waals surface area contributed by atoms with Crippen LogP contribution in [0.4, 0.5) is 5.69 Å². The lowest BCUT2D eigenvalue weighted by Crippen LogP contribution is -2.46. The third kappa shape index (κ3) is 8.13. The molecule has 1 heterocycles. The summed E-state index contributed by atoms with van der Waals surface area (Å²) in [7, 11) is 1.42. The fourth-order valence-electron chi connectivity index (χ4n) is 4.54. The Morgan fingerprint density at radius 2 is 1.57 bits per heavy atom. The Kier molecular flexibility index (Phi) is 10.5. The number of nitrogens with zero attached hydrogens (tertiary/aromatic N) is 1. The highest BCUT2D eigenvalue weighted by atomic mass is 16.5. The molecule has 0 bridgehead atoms. The number of nitrogens with two attached hydrogens (primary N) is 1. The molecular weight excluding hydrogens is 586 g/mol. The third-order valence-corrected chi connectivity index (χ3v) is 7.29. The number of nitrogens with one attached hydrogen (secondary N) is 3. The molecule has 0 fully saturated rings. The molecule has 4 aromatic rings. The average Bonchev–Trinajstić information content (AvgIpc) is 3.05. The van der Waals surface area contributed by atoms with Gasteiger partial charge in [-0.25, -0.2) is 9.78 Å². The Labute approximate surface area is 267 Å². The summed E-state index contributed by atoms with van der Waals surface area (Å²) < 4.78 is 10.9. The maximum Gasteiger partial charge on any atom is 0.339 e. The van der Waals surface area contributed by atoms with Crippen molar-refractivity contribution >= 4 is 29.3 Å². The Hall–Kier alpha value is -5.55. The molecule has 1 aromatic heterocycles. The van der Waals surface area contributed by atoms with Crippen LogP contribution < -0.4 is 21.1 Å². The molecule has 0 saturated heterocycles. The lowest BCUT2D eigenvalue weighted by Gasteiger charge is -2.29. The molecule has 238 valence electrons. The first kappa shape index (κ1) is 33.3. The number of aliphatic hydroxyl groups is 1. The second-order valence-electron chi connectivity index (χ2n) is 11.6. The van der Waals surface area contributed by atoms with E-state index in [1.807, 2.05) is 51.1 Å². The number of methoxy groups -OCH3 is 1. The minimum absolute atomic E-state index is 0.0173. The molecule has 6 N–H and O–H groups in total. The van der Waals surface area contributed by atoms with Crippen molar-refractivity contribution in [3.63, 3.8) is 0 Å². The van der Waals surface area contributed by atoms with Gasteiger partial charge in [-0.2, -0.15) is 0 Å². The van der Waals surface area contributed by atoms with Crippen LogP contribution in [0.2, 0.25) is 0 Å². The zero-order valence-corrected chi connectivity index (χ0v) is 26.1. The highest BCUT2D eigenvalue weighted by molar-refractivity contribution is 6.10. The second kappa shape index (κ2) is 14.5. The fourth-order valence-corrected chi connectivity index (χ4v) is 4.54. The normalized spacial score (nSPS) is 11.7. The number of hydrogen-bond acceptors (Lipinski definition) is 8. The van der Waals surface area contributed by atoms with E-state index in [9.17, 15) is 19.5 Å². The molecule has 0 spiro atoms. The topological polar surface area (TPSA) is 177 Å². The molecule has 0 aliphatic heterocycles. The summed E-state index contributed by atoms with van der Waals surface area (Å²) in [4.78, 5) is 44.9. The van der Waals surface area contributed by atoms with Gasteiger partial charge in [0.2, 0.25) is 5.88 Å². The first-order valence-corrected chi connectivity index (χ1v) is 14.5. The number of nitrogen functional groups attached to an aromatic ring is 1. The van der Waals surface area contributed by atoms with Crippen LogP contribution in [-0.2, 0) is 11.3 Å². The zero-order chi connectivity index (χ0) is 33.4. The number of anilines is 1. The molecule has 11 heteroatoms. The van der Waals surface area contributed by atoms with Crippen molar-refractivity contribution in [3.05, 3.63) is 113 Å². The van der Waals surface area contributed by atoms with Crippen molar-refractivity contribution in [2.75, 3.05) is 19.0 Å². The van der Waals surface area contributed by atoms with Crippen LogP contribution >= 0.6 is 0 Å². The van der Waals surface area contributed by atoms with Gasteiger partial charge in [0, 0.05) is 28.4 Å². The lowest BCUT2D eigenvalue weighted by molar-refractivity contribution is 0.0473. The van der Waals surface area contributed by atoms with Crippen molar-refractivity contribution in [1.82, 2.24) is 10.3 Å². The van der Waals surface area contributed by atoms with Gasteiger partial charge in [0.15, 0.2) is 0 Å². The number of pyridine rings is 1. The van der Waals surface area contributed by atoms with Gasteiger partial charge >= 0.3 is 5.97 Å². The summed E-state index contributed by atoms with van der Waals surface area (Å²) in [5.41, 5.74) is 7.55. The Morgan fingerprint density at radius 3 is 2.17 bits per heavy atom. The van der Waals surface area contributed by atoms with Gasteiger partial charge in [-0.15, -0.1) is 0 Å². The number of carbonyl (C=O) groups excluding carboxylic acids is 3. The molecule has 1 atom stereocenters. The molecule has 46 heavy (non-hydrogen) atoms. The van der Waals surface area contributed by atoms with Crippen LogP contribution in [0.25, 0.3) is 11.1 Å². The van der Waals surface area contributed by atoms with E-state index in [0.29, 0.717) is 22.4 Å². The monoisotopic (exact) mass is 623 g/mol. The van der Waals surface area contributed by atoms with Gasteiger partial charge in [-0.1, -0.05) is 57.2 Å². The third-order valence-electron chi connectivity index (χ3n) is 7.29. The predicted molar refractivity (Wildman–Crippen MR) is 175 cm³/mol. The van der Waals surface area contributed by atoms with Crippen molar-refractivity contribution < 1.29 is 29.0 Å². The number of benzene rings is 3. The molecule has 0 aliphatic carbocycles. The minimum atomic E-state index is -0.718. The van der Waals surface area contributed by atoms with Gasteiger partial charge in [-0.3, -0.25) is 15.0 Å². The van der Waals surface area contributed by atoms with Crippen molar-refractivity contribution in [1.29, 1.82) is 5.41 Å². The molecule has 11 nitrogen and oxygen atoms in total. The van der Waals surface area contributed by atoms with Crippen LogP contribution in [0.5, 0.6) is 5.88 Å². The van der Waals surface area contributed by atoms with Gasteiger partial charge in [-0.05, 0) is 59.0 Å². The quantitative estimate of drug-likeness (QED) is 0.0900. The number of ether oxygens (including phenoxy) is 2. The molecule has 0 radical (unpaired) electrons. The van der Waals surface area contributed by atoms with E-state index in [-0.39, 0.29) is 41.8 Å². The summed E-state index contributed by atoms with van der Waals surface area (Å²) in [6, 6.07) is 22.7. The standard InChI is InChI=1S/C35H37N5O6/c1-35(2,3)28(19-41)39-32(42)23-12-15-25(27(18-23)34(44)46-20-21-8-6-5-7-9-21)26-16-17-29(45-4)40-30(26)33(43)38-24-13-10-22(11-14-24)31(36)37/h5-18,28,41H,19-20H2,1-4H3,(H3,36,37)(H,38,43)(H,39,42). The van der Waals surface area contributed by atoms with E-state index in [1.54, 1.807) is 42.5 Å². The summed E-state index contributed by atoms with van der Waals surface area (Å²) in [5.74, 6) is -1.74. The maximum absolute atomic E-state index is 13.6. The van der Waals surface area contributed by atoms with Crippen molar-refractivity contribution in [2.45, 2.75) is 33.4 Å². The highest BCUT2D eigenvalue weighted by Crippen LogP contribution is 2.31. The van der Waals surface area contributed by atoms with Gasteiger partial charge in [0.1, 0.15) is 18.1 Å². The van der Waals surface area contributed by atoms with Gasteiger partial charge < -0.3 is 30.9 Å². The predicted octanol–water partition coefficient (Wildman–Crippen LogP) is 4.79. The van der Waals surface area contributed by atoms with Crippen LogP contribution in [-0.4, -0.2) is 53.5 Å². The van der Waals surface area contributed by atoms with Crippen LogP contribution in [0.15, 0.2) is 84.9 Å². The molecular formula is C35H37N5O6. The number of rotatable bonds is 11. The van der Waals surface area contributed by atoms with Crippen molar-refractivity contribution in [2.24, 2.45) is 11.1 Å². The Balaban J connectivity index is 1.76. The van der Waals surface area contributed by atoms with E-state index < -0.39 is 29.2 Å². The van der Waals surface area contributed by atoms with Gasteiger partial charge in [0.25, 0.3) is 11.8 Å². The van der Waals surface area contributed by atoms with E-state index in [4.69, 9.17) is 20.6 Å². The maximum atomic E-state index is 13.6. The summed E-state index contributed by atoms with van der Waals surface area (Å²) in [6.45, 7) is 5.39. The molecule has 2 amide bonds. The lowest BCUT2D eigenvalue weighted by atomic mass is 9.87. The smallest absolute Gasteiger partial charge is 0.339 e. The van der Waals surface area contributed by atoms with Gasteiger partial charge in [0.05, 0.1) is 25.3 Å². The number of hydrogen-bond donors (Lipinski definition) is 5. The number of amidine groups is 1. The first-order chi connectivity index (χ1) is 21.9. The SMILES string of the molecule is COc1ccc(-c2ccc(C(=O)NC(CO)C(C)(C)C)cc2C(=O)OCc2ccccc2)c(C(=O)Nc2ccc(C(=N)N)cc2)n1. The van der Waals surface area contributed by atoms with Crippen LogP contribution in [0.3, 0.4) is 0 Å². The van der Waals surface area contributed by atoms with E-state index >= 15 is 0 Å². The molecule has 0 saturated carbocycles. The fraction of sp³-hybridized carbons (Fsp3) is 0.229. The average molecular weight is 624 g/mol. The molecule has 0 aliphatic rings. The van der Waals surface area contributed by atoms with E-state index in [2.05, 4.69) is 15.6 Å². The number of aliphatic hydroxyl groups excluding tert-OH is 1. The first-order valence-electron chi connectivity index (χ1n) is 14.5. The Morgan fingerprint density at radius 1 is 0.913 bits per heavy atom. The van der Waals surface area contributed by atoms with Crippen LogP contribution in [0, 0.1) is 10.8 Å². The number of carbonyl (C=O) groups is 3. The molecule has 4 rings (SSSR count). The van der Waals surface area contributed by atoms with Crippen LogP contribution in [0.1, 0.15) is 63.1 Å². The zero-order valence-electron chi connectivity index (χ0n) is 26.1.